The van der Waals surface area contributed by atoms with Crippen LogP contribution in [0.1, 0.15) is 51.0 Å². The second-order valence-corrected chi connectivity index (χ2v) is 7.49. The van der Waals surface area contributed by atoms with Gasteiger partial charge in [0.1, 0.15) is 11.6 Å². The Morgan fingerprint density at radius 2 is 1.93 bits per heavy atom. The van der Waals surface area contributed by atoms with Crippen molar-refractivity contribution in [3.8, 4) is 0 Å². The minimum atomic E-state index is -0.650. The number of rotatable bonds is 8. The largest absolute Gasteiger partial charge is 0.383 e. The summed E-state index contributed by atoms with van der Waals surface area (Å²) in [6.45, 7) is 4.59. The summed E-state index contributed by atoms with van der Waals surface area (Å²) in [7, 11) is 0. The molecule has 0 spiro atoms. The number of carbonyl (C=O) groups is 1. The third-order valence-electron chi connectivity index (χ3n) is 5.34. The normalized spacial score (nSPS) is 17.9. The molecule has 3 rings (SSSR count). The summed E-state index contributed by atoms with van der Waals surface area (Å²) < 4.78 is 14.5. The van der Waals surface area contributed by atoms with Gasteiger partial charge in [0.15, 0.2) is 5.69 Å². The first-order valence-corrected chi connectivity index (χ1v) is 10.1. The topological polar surface area (TPSA) is 101 Å². The lowest BCUT2D eigenvalue weighted by atomic mass is 10.1. The first-order chi connectivity index (χ1) is 13.9. The molecule has 0 bridgehead atoms. The zero-order valence-corrected chi connectivity index (χ0v) is 16.8. The van der Waals surface area contributed by atoms with Gasteiger partial charge in [-0.1, -0.05) is 32.4 Å². The van der Waals surface area contributed by atoms with E-state index in [0.717, 1.165) is 12.0 Å². The van der Waals surface area contributed by atoms with E-state index in [1.165, 1.54) is 21.6 Å². The monoisotopic (exact) mass is 402 g/mol. The maximum atomic E-state index is 13.3. The van der Waals surface area contributed by atoms with E-state index in [-0.39, 0.29) is 35.1 Å². The van der Waals surface area contributed by atoms with Crippen molar-refractivity contribution in [1.29, 1.82) is 0 Å². The van der Waals surface area contributed by atoms with Crippen LogP contribution in [0.2, 0.25) is 0 Å². The third-order valence-corrected chi connectivity index (χ3v) is 5.34. The van der Waals surface area contributed by atoms with Crippen molar-refractivity contribution in [3.05, 3.63) is 56.5 Å². The molecule has 1 amide bonds. The smallest absolute Gasteiger partial charge is 0.330 e. The van der Waals surface area contributed by atoms with Crippen LogP contribution in [0, 0.1) is 11.7 Å². The number of hydrogen-bond donors (Lipinski definition) is 2. The average Bonchev–Trinajstić information content (AvgIpc) is 3.48. The van der Waals surface area contributed by atoms with Crippen LogP contribution in [0.25, 0.3) is 0 Å². The molecule has 7 nitrogen and oxygen atoms in total. The van der Waals surface area contributed by atoms with E-state index in [9.17, 15) is 18.8 Å². The van der Waals surface area contributed by atoms with Gasteiger partial charge in [-0.05, 0) is 42.9 Å². The summed E-state index contributed by atoms with van der Waals surface area (Å²) >= 11 is 0. The van der Waals surface area contributed by atoms with Crippen LogP contribution < -0.4 is 21.9 Å². The lowest BCUT2D eigenvalue weighted by molar-refractivity contribution is -0.119. The Hall–Kier alpha value is -2.90. The standard InChI is InChI=1S/C21H27FN4O3/c1-3-5-11-25(17-18(23)26(10-4-2)21(29)24-19(17)27)20(28)16-12-15(16)13-6-8-14(22)9-7-13/h6-9,15-16H,3-5,10-12,23H2,1-2H3,(H,24,27,29). The SMILES string of the molecule is CCCCN(C(=O)C1CC1c1ccc(F)cc1)c1c(N)n(CCC)c(=O)[nH]c1=O. The first kappa shape index (κ1) is 20.8. The van der Waals surface area contributed by atoms with Crippen molar-refractivity contribution >= 4 is 17.4 Å². The van der Waals surface area contributed by atoms with Gasteiger partial charge < -0.3 is 10.6 Å². The van der Waals surface area contributed by atoms with Crippen molar-refractivity contribution in [3.63, 3.8) is 0 Å². The quantitative estimate of drug-likeness (QED) is 0.709. The fraction of sp³-hybridized carbons (Fsp3) is 0.476. The Bertz CT molecular complexity index is 996. The minimum Gasteiger partial charge on any atom is -0.383 e. The number of anilines is 2. The molecule has 2 aromatic rings. The number of benzene rings is 1. The Labute approximate surface area is 168 Å². The number of carbonyl (C=O) groups excluding carboxylic acids is 1. The zero-order valence-electron chi connectivity index (χ0n) is 16.8. The number of H-pyrrole nitrogens is 1. The molecule has 1 heterocycles. The molecule has 0 aliphatic heterocycles. The van der Waals surface area contributed by atoms with E-state index in [1.54, 1.807) is 12.1 Å². The summed E-state index contributed by atoms with van der Waals surface area (Å²) in [5.74, 6) is -0.785. The van der Waals surface area contributed by atoms with Gasteiger partial charge in [0.05, 0.1) is 0 Å². The number of aromatic amines is 1. The van der Waals surface area contributed by atoms with Gasteiger partial charge in [-0.15, -0.1) is 0 Å². The maximum Gasteiger partial charge on any atom is 0.330 e. The van der Waals surface area contributed by atoms with Crippen LogP contribution >= 0.6 is 0 Å². The number of halogens is 1. The van der Waals surface area contributed by atoms with Gasteiger partial charge in [0.25, 0.3) is 5.56 Å². The number of unbranched alkanes of at least 4 members (excludes halogenated alkanes) is 1. The van der Waals surface area contributed by atoms with E-state index < -0.39 is 11.2 Å². The number of nitrogens with one attached hydrogen (secondary N) is 1. The number of nitrogens with two attached hydrogens (primary N) is 1. The predicted molar refractivity (Wildman–Crippen MR) is 111 cm³/mol. The molecule has 1 saturated carbocycles. The average molecular weight is 402 g/mol. The molecular weight excluding hydrogens is 375 g/mol. The highest BCUT2D eigenvalue weighted by Gasteiger charge is 2.46. The van der Waals surface area contributed by atoms with Crippen LogP contribution in [-0.2, 0) is 11.3 Å². The van der Waals surface area contributed by atoms with Gasteiger partial charge in [0.2, 0.25) is 5.91 Å². The van der Waals surface area contributed by atoms with Crippen molar-refractivity contribution in [1.82, 2.24) is 9.55 Å². The minimum absolute atomic E-state index is 0.00548. The number of aromatic nitrogens is 2. The molecule has 156 valence electrons. The molecule has 2 atom stereocenters. The molecule has 29 heavy (non-hydrogen) atoms. The molecule has 1 aliphatic rings. The van der Waals surface area contributed by atoms with E-state index in [2.05, 4.69) is 4.98 Å². The number of nitrogen functional groups attached to an aromatic ring is 1. The van der Waals surface area contributed by atoms with Crippen LogP contribution in [-0.4, -0.2) is 22.0 Å². The van der Waals surface area contributed by atoms with Crippen molar-refractivity contribution in [2.24, 2.45) is 5.92 Å². The lowest BCUT2D eigenvalue weighted by Crippen LogP contribution is -2.42. The number of hydrogen-bond acceptors (Lipinski definition) is 4. The summed E-state index contributed by atoms with van der Waals surface area (Å²) in [6, 6.07) is 6.14. The molecule has 8 heteroatoms. The van der Waals surface area contributed by atoms with E-state index >= 15 is 0 Å². The number of amides is 1. The van der Waals surface area contributed by atoms with Crippen LogP contribution in [0.4, 0.5) is 15.9 Å². The molecular formula is C21H27FN4O3. The van der Waals surface area contributed by atoms with Gasteiger partial charge in [0, 0.05) is 19.0 Å². The third kappa shape index (κ3) is 4.26. The van der Waals surface area contributed by atoms with E-state index in [0.29, 0.717) is 32.4 Å². The van der Waals surface area contributed by atoms with Crippen molar-refractivity contribution in [2.75, 3.05) is 17.2 Å². The molecule has 3 N–H and O–H groups in total. The predicted octanol–water partition coefficient (Wildman–Crippen LogP) is 2.60. The first-order valence-electron chi connectivity index (χ1n) is 10.1. The molecule has 1 aromatic heterocycles. The second-order valence-electron chi connectivity index (χ2n) is 7.49. The highest BCUT2D eigenvalue weighted by molar-refractivity contribution is 5.99. The lowest BCUT2D eigenvalue weighted by Gasteiger charge is -2.24. The summed E-state index contributed by atoms with van der Waals surface area (Å²) in [4.78, 5) is 41.7. The van der Waals surface area contributed by atoms with E-state index in [1.807, 2.05) is 13.8 Å². The molecule has 0 saturated heterocycles. The Morgan fingerprint density at radius 1 is 1.24 bits per heavy atom. The molecule has 2 unspecified atom stereocenters. The highest BCUT2D eigenvalue weighted by atomic mass is 19.1. The van der Waals surface area contributed by atoms with Gasteiger partial charge in [-0.2, -0.15) is 0 Å². The molecule has 1 aliphatic carbocycles. The van der Waals surface area contributed by atoms with E-state index in [4.69, 9.17) is 5.73 Å². The zero-order chi connectivity index (χ0) is 21.1. The van der Waals surface area contributed by atoms with Crippen molar-refractivity contribution < 1.29 is 9.18 Å². The molecule has 1 aromatic carbocycles. The van der Waals surface area contributed by atoms with Gasteiger partial charge >= 0.3 is 5.69 Å². The Balaban J connectivity index is 1.94. The summed E-state index contributed by atoms with van der Waals surface area (Å²) in [5.41, 5.74) is 5.89. The molecule has 1 fully saturated rings. The fourth-order valence-corrected chi connectivity index (χ4v) is 3.68. The molecule has 0 radical (unpaired) electrons. The number of nitrogens with zero attached hydrogens (tertiary/aromatic N) is 2. The van der Waals surface area contributed by atoms with Crippen molar-refractivity contribution in [2.45, 2.75) is 52.0 Å². The van der Waals surface area contributed by atoms with Crippen LogP contribution in [0.5, 0.6) is 0 Å². The maximum absolute atomic E-state index is 13.3. The van der Waals surface area contributed by atoms with Crippen LogP contribution in [0.3, 0.4) is 0 Å². The second kappa shape index (κ2) is 8.63. The summed E-state index contributed by atoms with van der Waals surface area (Å²) in [5, 5.41) is 0. The van der Waals surface area contributed by atoms with Crippen LogP contribution in [0.15, 0.2) is 33.9 Å². The summed E-state index contributed by atoms with van der Waals surface area (Å²) in [6.07, 6.45) is 2.83. The Morgan fingerprint density at radius 3 is 2.55 bits per heavy atom. The Kier molecular flexibility index (Phi) is 6.20. The fourth-order valence-electron chi connectivity index (χ4n) is 3.68. The van der Waals surface area contributed by atoms with Gasteiger partial charge in [-0.25, -0.2) is 9.18 Å². The highest BCUT2D eigenvalue weighted by Crippen LogP contribution is 2.49. The van der Waals surface area contributed by atoms with Gasteiger partial charge in [-0.3, -0.25) is 19.1 Å².